The van der Waals surface area contributed by atoms with Crippen LogP contribution in [0.3, 0.4) is 0 Å². The summed E-state index contributed by atoms with van der Waals surface area (Å²) in [5.41, 5.74) is 8.99. The third-order valence-electron chi connectivity index (χ3n) is 6.03. The van der Waals surface area contributed by atoms with Gasteiger partial charge in [0.25, 0.3) is 0 Å². The Morgan fingerprint density at radius 2 is 1.20 bits per heavy atom. The van der Waals surface area contributed by atoms with Gasteiger partial charge in [0.05, 0.1) is 11.0 Å². The highest BCUT2D eigenvalue weighted by molar-refractivity contribution is 6.10. The Hall–Kier alpha value is -3.32. The highest BCUT2D eigenvalue weighted by atomic mass is 15.0. The largest absolute Gasteiger partial charge is 0.309 e. The third-order valence-corrected chi connectivity index (χ3v) is 6.03. The smallest absolute Gasteiger partial charge is 0.0541 e. The molecule has 0 spiro atoms. The van der Waals surface area contributed by atoms with Crippen LogP contribution >= 0.6 is 0 Å². The van der Waals surface area contributed by atoms with E-state index < -0.39 is 0 Å². The molecule has 0 aliphatic rings. The standard InChI is InChI=1S/C29H27N/c1-20-10-12-21(13-11-20)22-14-16-27-25(18-22)26-19-23(29(2,3)4)15-17-28(26)30(27)24-8-6-5-7-9-24/h5-19H,1-4H3. The number of hydrogen-bond acceptors (Lipinski definition) is 0. The molecule has 0 bridgehead atoms. The van der Waals surface area contributed by atoms with Gasteiger partial charge < -0.3 is 4.57 Å². The van der Waals surface area contributed by atoms with Crippen molar-refractivity contribution in [1.82, 2.24) is 4.57 Å². The van der Waals surface area contributed by atoms with Crippen LogP contribution in [-0.2, 0) is 5.41 Å². The van der Waals surface area contributed by atoms with Gasteiger partial charge in [-0.25, -0.2) is 0 Å². The average Bonchev–Trinajstić information content (AvgIpc) is 3.07. The van der Waals surface area contributed by atoms with E-state index in [0.29, 0.717) is 0 Å². The molecule has 5 aromatic rings. The van der Waals surface area contributed by atoms with Gasteiger partial charge in [-0.3, -0.25) is 0 Å². The number of benzene rings is 4. The van der Waals surface area contributed by atoms with Crippen molar-refractivity contribution in [2.24, 2.45) is 0 Å². The van der Waals surface area contributed by atoms with E-state index in [9.17, 15) is 0 Å². The van der Waals surface area contributed by atoms with Crippen LogP contribution in [0, 0.1) is 6.92 Å². The van der Waals surface area contributed by atoms with Crippen molar-refractivity contribution in [3.05, 3.63) is 102 Å². The van der Waals surface area contributed by atoms with E-state index in [1.165, 1.54) is 49.7 Å². The lowest BCUT2D eigenvalue weighted by molar-refractivity contribution is 0.591. The maximum absolute atomic E-state index is 2.38. The number of fused-ring (bicyclic) bond motifs is 3. The molecule has 5 rings (SSSR count). The van der Waals surface area contributed by atoms with E-state index >= 15 is 0 Å². The maximum atomic E-state index is 2.38. The van der Waals surface area contributed by atoms with Gasteiger partial charge in [-0.05, 0) is 65.4 Å². The van der Waals surface area contributed by atoms with Gasteiger partial charge in [0.1, 0.15) is 0 Å². The van der Waals surface area contributed by atoms with Crippen molar-refractivity contribution >= 4 is 21.8 Å². The molecule has 4 aromatic carbocycles. The first-order chi connectivity index (χ1) is 14.4. The van der Waals surface area contributed by atoms with Crippen LogP contribution < -0.4 is 0 Å². The summed E-state index contributed by atoms with van der Waals surface area (Å²) in [5, 5.41) is 2.62. The second kappa shape index (κ2) is 6.88. The Balaban J connectivity index is 1.84. The molecule has 0 saturated carbocycles. The van der Waals surface area contributed by atoms with Crippen LogP contribution in [0.5, 0.6) is 0 Å². The highest BCUT2D eigenvalue weighted by Crippen LogP contribution is 2.37. The molecule has 0 fully saturated rings. The van der Waals surface area contributed by atoms with Crippen molar-refractivity contribution in [2.45, 2.75) is 33.1 Å². The fraction of sp³-hybridized carbons (Fsp3) is 0.172. The number of rotatable bonds is 2. The molecule has 1 aromatic heterocycles. The van der Waals surface area contributed by atoms with E-state index in [1.54, 1.807) is 0 Å². The average molecular weight is 390 g/mol. The predicted molar refractivity (Wildman–Crippen MR) is 130 cm³/mol. The summed E-state index contributed by atoms with van der Waals surface area (Å²) in [5.74, 6) is 0. The summed E-state index contributed by atoms with van der Waals surface area (Å²) in [7, 11) is 0. The lowest BCUT2D eigenvalue weighted by Gasteiger charge is -2.19. The lowest BCUT2D eigenvalue weighted by Crippen LogP contribution is -2.10. The summed E-state index contributed by atoms with van der Waals surface area (Å²) in [6.07, 6.45) is 0. The quantitative estimate of drug-likeness (QED) is 0.288. The zero-order valence-electron chi connectivity index (χ0n) is 18.1. The van der Waals surface area contributed by atoms with Gasteiger partial charge in [0.15, 0.2) is 0 Å². The summed E-state index contributed by atoms with van der Waals surface area (Å²) in [6.45, 7) is 8.97. The molecule has 30 heavy (non-hydrogen) atoms. The monoisotopic (exact) mass is 389 g/mol. The van der Waals surface area contributed by atoms with Gasteiger partial charge >= 0.3 is 0 Å². The molecular weight excluding hydrogens is 362 g/mol. The SMILES string of the molecule is Cc1ccc(-c2ccc3c(c2)c2cc(C(C)(C)C)ccc2n3-c2ccccc2)cc1. The molecule has 0 atom stereocenters. The van der Waals surface area contributed by atoms with Crippen molar-refractivity contribution in [3.8, 4) is 16.8 Å². The number of aromatic nitrogens is 1. The summed E-state index contributed by atoms with van der Waals surface area (Å²) in [4.78, 5) is 0. The van der Waals surface area contributed by atoms with Crippen LogP contribution in [-0.4, -0.2) is 4.57 Å². The predicted octanol–water partition coefficient (Wildman–Crippen LogP) is 8.06. The van der Waals surface area contributed by atoms with E-state index in [4.69, 9.17) is 0 Å². The first kappa shape index (κ1) is 18.7. The summed E-state index contributed by atoms with van der Waals surface area (Å²) in [6, 6.07) is 33.3. The van der Waals surface area contributed by atoms with Crippen molar-refractivity contribution < 1.29 is 0 Å². The van der Waals surface area contributed by atoms with Crippen LogP contribution in [0.15, 0.2) is 91.0 Å². The van der Waals surface area contributed by atoms with E-state index in [2.05, 4.69) is 123 Å². The first-order valence-electron chi connectivity index (χ1n) is 10.6. The fourth-order valence-electron chi connectivity index (χ4n) is 4.27. The molecule has 0 radical (unpaired) electrons. The number of hydrogen-bond donors (Lipinski definition) is 0. The minimum Gasteiger partial charge on any atom is -0.309 e. The van der Waals surface area contributed by atoms with Crippen LogP contribution in [0.4, 0.5) is 0 Å². The van der Waals surface area contributed by atoms with Gasteiger partial charge in [0.2, 0.25) is 0 Å². The topological polar surface area (TPSA) is 4.93 Å². The molecule has 148 valence electrons. The molecule has 0 aliphatic carbocycles. The van der Waals surface area contributed by atoms with Crippen molar-refractivity contribution in [2.75, 3.05) is 0 Å². The molecule has 0 unspecified atom stereocenters. The van der Waals surface area contributed by atoms with Crippen molar-refractivity contribution in [1.29, 1.82) is 0 Å². The van der Waals surface area contributed by atoms with Gasteiger partial charge in [-0.2, -0.15) is 0 Å². The van der Waals surface area contributed by atoms with E-state index in [1.807, 2.05) is 0 Å². The second-order valence-electron chi connectivity index (χ2n) is 9.25. The molecule has 1 heterocycles. The second-order valence-corrected chi connectivity index (χ2v) is 9.25. The molecule has 1 heteroatoms. The van der Waals surface area contributed by atoms with Crippen LogP contribution in [0.25, 0.3) is 38.6 Å². The molecule has 0 N–H and O–H groups in total. The van der Waals surface area contributed by atoms with Crippen molar-refractivity contribution in [3.63, 3.8) is 0 Å². The number of aryl methyl sites for hydroxylation is 1. The molecule has 1 nitrogen and oxygen atoms in total. The van der Waals surface area contributed by atoms with E-state index in [0.717, 1.165) is 0 Å². The summed E-state index contributed by atoms with van der Waals surface area (Å²) < 4.78 is 2.38. The van der Waals surface area contributed by atoms with E-state index in [-0.39, 0.29) is 5.41 Å². The molecule has 0 saturated heterocycles. The number of nitrogens with zero attached hydrogens (tertiary/aromatic N) is 1. The Bertz CT molecular complexity index is 1350. The molecule has 0 amide bonds. The highest BCUT2D eigenvalue weighted by Gasteiger charge is 2.18. The maximum Gasteiger partial charge on any atom is 0.0541 e. The summed E-state index contributed by atoms with van der Waals surface area (Å²) >= 11 is 0. The Kier molecular flexibility index (Phi) is 4.29. The number of para-hydroxylation sites is 1. The Morgan fingerprint density at radius 3 is 1.87 bits per heavy atom. The lowest BCUT2D eigenvalue weighted by atomic mass is 9.86. The zero-order valence-corrected chi connectivity index (χ0v) is 18.1. The first-order valence-corrected chi connectivity index (χ1v) is 10.6. The van der Waals surface area contributed by atoms with Gasteiger partial charge in [-0.15, -0.1) is 0 Å². The fourth-order valence-corrected chi connectivity index (χ4v) is 4.27. The van der Waals surface area contributed by atoms with Crippen LogP contribution in [0.2, 0.25) is 0 Å². The minimum absolute atomic E-state index is 0.115. The van der Waals surface area contributed by atoms with Gasteiger partial charge in [-0.1, -0.05) is 80.9 Å². The normalized spacial score (nSPS) is 12.0. The van der Waals surface area contributed by atoms with Crippen LogP contribution in [0.1, 0.15) is 31.9 Å². The molecule has 0 aliphatic heterocycles. The Morgan fingerprint density at radius 1 is 0.600 bits per heavy atom. The zero-order chi connectivity index (χ0) is 20.9. The third kappa shape index (κ3) is 3.11. The minimum atomic E-state index is 0.115. The molecular formula is C29H27N. The van der Waals surface area contributed by atoms with Gasteiger partial charge in [0, 0.05) is 16.5 Å². The Labute approximate surface area is 178 Å².